The van der Waals surface area contributed by atoms with E-state index in [0.717, 1.165) is 18.2 Å². The quantitative estimate of drug-likeness (QED) is 0.673. The molecule has 0 heterocycles. The van der Waals surface area contributed by atoms with E-state index >= 15 is 0 Å². The van der Waals surface area contributed by atoms with Gasteiger partial charge >= 0.3 is 5.97 Å². The van der Waals surface area contributed by atoms with Crippen molar-refractivity contribution in [1.82, 2.24) is 5.32 Å². The van der Waals surface area contributed by atoms with Gasteiger partial charge in [0.2, 0.25) is 5.91 Å². The monoisotopic (exact) mass is 337 g/mol. The molecule has 4 nitrogen and oxygen atoms in total. The molecule has 7 heteroatoms. The minimum Gasteiger partial charge on any atom is -0.426 e. The first-order valence-electron chi connectivity index (χ1n) is 7.03. The van der Waals surface area contributed by atoms with Crippen LogP contribution < -0.4 is 10.1 Å². The number of benzene rings is 2. The summed E-state index contributed by atoms with van der Waals surface area (Å²) in [6.07, 6.45) is -0.404. The minimum absolute atomic E-state index is 0.0128. The molecule has 0 unspecified atom stereocenters. The average Bonchev–Trinajstić information content (AvgIpc) is 2.46. The first-order chi connectivity index (χ1) is 11.3. The number of hydrogen-bond donors (Lipinski definition) is 1. The molecule has 0 saturated carbocycles. The summed E-state index contributed by atoms with van der Waals surface area (Å²) in [4.78, 5) is 23.3. The van der Waals surface area contributed by atoms with Crippen LogP contribution in [-0.4, -0.2) is 11.9 Å². The van der Waals surface area contributed by atoms with Crippen molar-refractivity contribution in [2.24, 2.45) is 0 Å². The predicted octanol–water partition coefficient (Wildman–Crippen LogP) is 3.28. The van der Waals surface area contributed by atoms with Crippen LogP contribution in [0.5, 0.6) is 5.75 Å². The molecule has 2 aromatic carbocycles. The molecular formula is C17H14F3NO3. The number of halogens is 3. The van der Waals surface area contributed by atoms with E-state index in [1.54, 1.807) is 0 Å². The second-order valence-electron chi connectivity index (χ2n) is 5.05. The SMILES string of the molecule is CC(=O)N[C@H](CC(=O)Oc1cccc(F)c1)c1ccc(F)cc1F. The van der Waals surface area contributed by atoms with Gasteiger partial charge in [0.1, 0.15) is 23.2 Å². The number of hydrogen-bond acceptors (Lipinski definition) is 3. The third-order valence-electron chi connectivity index (χ3n) is 3.11. The lowest BCUT2D eigenvalue weighted by Crippen LogP contribution is -2.30. The fourth-order valence-electron chi connectivity index (χ4n) is 2.14. The van der Waals surface area contributed by atoms with Crippen molar-refractivity contribution in [3.8, 4) is 5.75 Å². The molecular weight excluding hydrogens is 323 g/mol. The Hall–Kier alpha value is -2.83. The van der Waals surface area contributed by atoms with Crippen LogP contribution in [0, 0.1) is 17.5 Å². The van der Waals surface area contributed by atoms with Gasteiger partial charge < -0.3 is 10.1 Å². The van der Waals surface area contributed by atoms with E-state index < -0.39 is 41.8 Å². The van der Waals surface area contributed by atoms with Crippen molar-refractivity contribution in [1.29, 1.82) is 0 Å². The fourth-order valence-corrected chi connectivity index (χ4v) is 2.14. The molecule has 0 aliphatic rings. The highest BCUT2D eigenvalue weighted by Crippen LogP contribution is 2.22. The van der Waals surface area contributed by atoms with E-state index in [4.69, 9.17) is 4.74 Å². The number of rotatable bonds is 5. The number of amides is 1. The molecule has 0 aromatic heterocycles. The van der Waals surface area contributed by atoms with Crippen LogP contribution in [0.15, 0.2) is 42.5 Å². The smallest absolute Gasteiger partial charge is 0.313 e. The Kier molecular flexibility index (Phi) is 5.57. The van der Waals surface area contributed by atoms with Crippen LogP contribution >= 0.6 is 0 Å². The maximum Gasteiger partial charge on any atom is 0.313 e. The van der Waals surface area contributed by atoms with Gasteiger partial charge in [0.15, 0.2) is 0 Å². The van der Waals surface area contributed by atoms with Gasteiger partial charge in [-0.25, -0.2) is 13.2 Å². The van der Waals surface area contributed by atoms with Crippen LogP contribution in [-0.2, 0) is 9.59 Å². The molecule has 1 atom stereocenters. The molecule has 0 fully saturated rings. The number of carbonyl (C=O) groups is 2. The number of carbonyl (C=O) groups excluding carboxylic acids is 2. The largest absolute Gasteiger partial charge is 0.426 e. The Morgan fingerprint density at radius 2 is 1.79 bits per heavy atom. The molecule has 0 aliphatic heterocycles. The Balaban J connectivity index is 2.16. The molecule has 0 saturated heterocycles. The summed E-state index contributed by atoms with van der Waals surface area (Å²) in [5.41, 5.74) is -0.0530. The molecule has 2 rings (SSSR count). The van der Waals surface area contributed by atoms with Crippen LogP contribution in [0.4, 0.5) is 13.2 Å². The van der Waals surface area contributed by atoms with Crippen LogP contribution in [0.3, 0.4) is 0 Å². The third-order valence-corrected chi connectivity index (χ3v) is 3.11. The molecule has 0 bridgehead atoms. The van der Waals surface area contributed by atoms with Crippen molar-refractivity contribution in [3.63, 3.8) is 0 Å². The summed E-state index contributed by atoms with van der Waals surface area (Å²) >= 11 is 0. The minimum atomic E-state index is -1.04. The highest BCUT2D eigenvalue weighted by Gasteiger charge is 2.22. The maximum absolute atomic E-state index is 13.9. The fraction of sp³-hybridized carbons (Fsp3) is 0.176. The summed E-state index contributed by atoms with van der Waals surface area (Å²) in [6, 6.07) is 6.72. The zero-order valence-corrected chi connectivity index (χ0v) is 12.7. The van der Waals surface area contributed by atoms with Crippen LogP contribution in [0.1, 0.15) is 24.9 Å². The first-order valence-corrected chi connectivity index (χ1v) is 7.03. The predicted molar refractivity (Wildman–Crippen MR) is 79.6 cm³/mol. The topological polar surface area (TPSA) is 55.4 Å². The van der Waals surface area contributed by atoms with Gasteiger partial charge in [-0.05, 0) is 18.2 Å². The van der Waals surface area contributed by atoms with E-state index in [1.165, 1.54) is 25.1 Å². The van der Waals surface area contributed by atoms with Crippen molar-refractivity contribution < 1.29 is 27.5 Å². The lowest BCUT2D eigenvalue weighted by atomic mass is 10.0. The van der Waals surface area contributed by atoms with Gasteiger partial charge in [-0.1, -0.05) is 12.1 Å². The zero-order valence-electron chi connectivity index (χ0n) is 12.7. The van der Waals surface area contributed by atoms with Crippen molar-refractivity contribution in [3.05, 3.63) is 65.5 Å². The lowest BCUT2D eigenvalue weighted by molar-refractivity contribution is -0.135. The molecule has 0 radical (unpaired) electrons. The lowest BCUT2D eigenvalue weighted by Gasteiger charge is -2.18. The highest BCUT2D eigenvalue weighted by atomic mass is 19.1. The summed E-state index contributed by atoms with van der Waals surface area (Å²) in [5, 5.41) is 2.41. The first kappa shape index (κ1) is 17.5. The summed E-state index contributed by atoms with van der Waals surface area (Å²) in [7, 11) is 0. The van der Waals surface area contributed by atoms with Gasteiger partial charge in [-0.3, -0.25) is 9.59 Å². The second-order valence-corrected chi connectivity index (χ2v) is 5.05. The van der Waals surface area contributed by atoms with Crippen molar-refractivity contribution >= 4 is 11.9 Å². The number of nitrogens with one attached hydrogen (secondary N) is 1. The van der Waals surface area contributed by atoms with Crippen molar-refractivity contribution in [2.45, 2.75) is 19.4 Å². The normalized spacial score (nSPS) is 11.7. The maximum atomic E-state index is 13.9. The Bertz CT molecular complexity index is 764. The van der Waals surface area contributed by atoms with E-state index in [0.29, 0.717) is 6.07 Å². The van der Waals surface area contributed by atoms with Gasteiger partial charge in [0.05, 0.1) is 12.5 Å². The molecule has 1 amide bonds. The van der Waals surface area contributed by atoms with Crippen LogP contribution in [0.25, 0.3) is 0 Å². The summed E-state index contributed by atoms with van der Waals surface area (Å²) in [5.74, 6) is -3.57. The summed E-state index contributed by atoms with van der Waals surface area (Å²) in [6.45, 7) is 1.20. The van der Waals surface area contributed by atoms with Gasteiger partial charge in [0.25, 0.3) is 0 Å². The second kappa shape index (κ2) is 7.63. The number of ether oxygens (including phenoxy) is 1. The Labute approximate surface area is 136 Å². The van der Waals surface area contributed by atoms with Gasteiger partial charge in [0, 0.05) is 24.6 Å². The average molecular weight is 337 g/mol. The molecule has 0 aliphatic carbocycles. The van der Waals surface area contributed by atoms with E-state index in [9.17, 15) is 22.8 Å². The number of esters is 1. The Morgan fingerprint density at radius 3 is 2.42 bits per heavy atom. The highest BCUT2D eigenvalue weighted by molar-refractivity contribution is 5.77. The van der Waals surface area contributed by atoms with E-state index in [-0.39, 0.29) is 11.3 Å². The molecule has 24 heavy (non-hydrogen) atoms. The summed E-state index contributed by atoms with van der Waals surface area (Å²) < 4.78 is 44.9. The Morgan fingerprint density at radius 1 is 1.08 bits per heavy atom. The van der Waals surface area contributed by atoms with Crippen molar-refractivity contribution in [2.75, 3.05) is 0 Å². The van der Waals surface area contributed by atoms with Gasteiger partial charge in [-0.15, -0.1) is 0 Å². The zero-order chi connectivity index (χ0) is 17.7. The van der Waals surface area contributed by atoms with Crippen LogP contribution in [0.2, 0.25) is 0 Å². The molecule has 2 aromatic rings. The van der Waals surface area contributed by atoms with Gasteiger partial charge in [-0.2, -0.15) is 0 Å². The molecule has 1 N–H and O–H groups in total. The third kappa shape index (κ3) is 4.84. The van der Waals surface area contributed by atoms with E-state index in [2.05, 4.69) is 5.32 Å². The molecule has 0 spiro atoms. The van der Waals surface area contributed by atoms with E-state index in [1.807, 2.05) is 0 Å². The standard InChI is InChI=1S/C17H14F3NO3/c1-10(22)21-16(14-6-5-12(19)8-15(14)20)9-17(23)24-13-4-2-3-11(18)7-13/h2-8,16H,9H2,1H3,(H,21,22)/t16-/m1/s1. The molecule has 126 valence electrons.